The van der Waals surface area contributed by atoms with E-state index in [2.05, 4.69) is 52.0 Å². The zero-order valence-electron chi connectivity index (χ0n) is 24.0. The Balaban J connectivity index is 1.41. The van der Waals surface area contributed by atoms with Gasteiger partial charge in [-0.25, -0.2) is 4.79 Å². The SMILES string of the molecule is CCCC(=O)N(C=O)OC(=O)OC1CCC2(C)C(=CC=C3C2CCC2(C)C(C/C=C/CC(C)C)CCC32)C1. The van der Waals surface area contributed by atoms with Crippen molar-refractivity contribution in [1.29, 1.82) is 0 Å². The maximum Gasteiger partial charge on any atom is 0.534 e. The number of fused-ring (bicyclic) bond motifs is 5. The van der Waals surface area contributed by atoms with Gasteiger partial charge in [0.15, 0.2) is 0 Å². The van der Waals surface area contributed by atoms with E-state index in [0.717, 1.165) is 24.7 Å². The van der Waals surface area contributed by atoms with Crippen molar-refractivity contribution in [2.75, 3.05) is 0 Å². The van der Waals surface area contributed by atoms with Crippen molar-refractivity contribution < 1.29 is 24.0 Å². The number of hydroxylamine groups is 2. The van der Waals surface area contributed by atoms with E-state index in [1.165, 1.54) is 44.1 Å². The molecule has 6 unspecified atom stereocenters. The molecule has 0 heterocycles. The van der Waals surface area contributed by atoms with Crippen molar-refractivity contribution in [1.82, 2.24) is 5.06 Å². The zero-order chi connectivity index (χ0) is 27.5. The molecule has 4 aliphatic carbocycles. The fourth-order valence-corrected chi connectivity index (χ4v) is 7.89. The molecule has 6 nitrogen and oxygen atoms in total. The summed E-state index contributed by atoms with van der Waals surface area (Å²) in [5.74, 6) is 2.16. The molecule has 4 aliphatic rings. The number of nitrogens with zero attached hydrogens (tertiary/aromatic N) is 1. The quantitative estimate of drug-likeness (QED) is 0.140. The third-order valence-electron chi connectivity index (χ3n) is 10.2. The minimum Gasteiger partial charge on any atom is -0.429 e. The third kappa shape index (κ3) is 5.65. The monoisotopic (exact) mass is 525 g/mol. The molecule has 0 spiro atoms. The number of carbonyl (C=O) groups is 3. The lowest BCUT2D eigenvalue weighted by molar-refractivity contribution is -0.177. The molecule has 0 aromatic carbocycles. The summed E-state index contributed by atoms with van der Waals surface area (Å²) in [6.45, 7) is 11.3. The van der Waals surface area contributed by atoms with E-state index in [9.17, 15) is 14.4 Å². The van der Waals surface area contributed by atoms with E-state index in [4.69, 9.17) is 9.57 Å². The molecule has 0 radical (unpaired) electrons. The van der Waals surface area contributed by atoms with Crippen molar-refractivity contribution in [2.24, 2.45) is 34.5 Å². The van der Waals surface area contributed by atoms with Crippen molar-refractivity contribution in [3.8, 4) is 0 Å². The van der Waals surface area contributed by atoms with Gasteiger partial charge in [-0.1, -0.05) is 70.1 Å². The largest absolute Gasteiger partial charge is 0.534 e. The number of rotatable bonds is 8. The Morgan fingerprint density at radius 1 is 1.08 bits per heavy atom. The van der Waals surface area contributed by atoms with Gasteiger partial charge in [-0.15, -0.1) is 5.06 Å². The highest BCUT2D eigenvalue weighted by atomic mass is 16.8. The number of imide groups is 1. The molecule has 3 fully saturated rings. The Hall–Kier alpha value is -2.37. The molecule has 4 rings (SSSR count). The van der Waals surface area contributed by atoms with Crippen LogP contribution in [0, 0.1) is 34.5 Å². The second-order valence-corrected chi connectivity index (χ2v) is 12.9. The van der Waals surface area contributed by atoms with Crippen LogP contribution < -0.4 is 0 Å². The highest BCUT2D eigenvalue weighted by molar-refractivity contribution is 5.85. The predicted octanol–water partition coefficient (Wildman–Crippen LogP) is 7.70. The second kappa shape index (κ2) is 11.8. The summed E-state index contributed by atoms with van der Waals surface area (Å²) >= 11 is 0. The molecule has 210 valence electrons. The van der Waals surface area contributed by atoms with E-state index in [-0.39, 0.29) is 24.3 Å². The molecule has 0 saturated heterocycles. The summed E-state index contributed by atoms with van der Waals surface area (Å²) in [6, 6.07) is 0. The van der Waals surface area contributed by atoms with E-state index in [1.54, 1.807) is 5.57 Å². The molecule has 0 N–H and O–H groups in total. The van der Waals surface area contributed by atoms with Gasteiger partial charge < -0.3 is 4.74 Å². The molecular formula is C32H47NO5. The van der Waals surface area contributed by atoms with Crippen LogP contribution in [0.4, 0.5) is 4.79 Å². The Morgan fingerprint density at radius 3 is 2.58 bits per heavy atom. The number of allylic oxidation sites excluding steroid dienone is 5. The fraction of sp³-hybridized carbons (Fsp3) is 0.719. The minimum atomic E-state index is -0.990. The first-order chi connectivity index (χ1) is 18.1. The molecule has 0 bridgehead atoms. The summed E-state index contributed by atoms with van der Waals surface area (Å²) in [4.78, 5) is 40.3. The van der Waals surface area contributed by atoms with Crippen LogP contribution in [-0.2, 0) is 19.2 Å². The van der Waals surface area contributed by atoms with Crippen LogP contribution in [-0.4, -0.2) is 29.6 Å². The average Bonchev–Trinajstić information content (AvgIpc) is 3.21. The van der Waals surface area contributed by atoms with Gasteiger partial charge in [0.2, 0.25) is 0 Å². The fourth-order valence-electron chi connectivity index (χ4n) is 7.89. The van der Waals surface area contributed by atoms with E-state index < -0.39 is 12.1 Å². The summed E-state index contributed by atoms with van der Waals surface area (Å²) in [5.41, 5.74) is 3.49. The first-order valence-electron chi connectivity index (χ1n) is 14.8. The zero-order valence-corrected chi connectivity index (χ0v) is 24.0. The van der Waals surface area contributed by atoms with Crippen molar-refractivity contribution >= 4 is 18.5 Å². The second-order valence-electron chi connectivity index (χ2n) is 12.9. The van der Waals surface area contributed by atoms with Gasteiger partial charge in [-0.2, -0.15) is 0 Å². The minimum absolute atomic E-state index is 0.0936. The maximum atomic E-state index is 12.3. The molecule has 0 aromatic heterocycles. The van der Waals surface area contributed by atoms with Crippen molar-refractivity contribution in [2.45, 2.75) is 111 Å². The van der Waals surface area contributed by atoms with E-state index in [0.29, 0.717) is 35.2 Å². The smallest absolute Gasteiger partial charge is 0.429 e. The van der Waals surface area contributed by atoms with Crippen molar-refractivity contribution in [3.05, 3.63) is 35.5 Å². The molecule has 0 aromatic rings. The van der Waals surface area contributed by atoms with Gasteiger partial charge in [0.05, 0.1) is 0 Å². The lowest BCUT2D eigenvalue weighted by Gasteiger charge is -2.54. The molecule has 6 heteroatoms. The first kappa shape index (κ1) is 28.6. The Labute approximate surface area is 228 Å². The predicted molar refractivity (Wildman–Crippen MR) is 148 cm³/mol. The molecule has 0 aliphatic heterocycles. The third-order valence-corrected chi connectivity index (χ3v) is 10.2. The molecule has 38 heavy (non-hydrogen) atoms. The number of ether oxygens (including phenoxy) is 1. The van der Waals surface area contributed by atoms with Gasteiger partial charge in [0.25, 0.3) is 12.3 Å². The Morgan fingerprint density at radius 2 is 1.87 bits per heavy atom. The Bertz CT molecular complexity index is 996. The lowest BCUT2D eigenvalue weighted by Crippen LogP contribution is -2.46. The lowest BCUT2D eigenvalue weighted by atomic mass is 9.50. The first-order valence-corrected chi connectivity index (χ1v) is 14.8. The number of hydrogen-bond acceptors (Lipinski definition) is 5. The normalized spacial score (nSPS) is 34.1. The van der Waals surface area contributed by atoms with Crippen LogP contribution in [0.2, 0.25) is 0 Å². The van der Waals surface area contributed by atoms with Crippen LogP contribution in [0.25, 0.3) is 0 Å². The standard InChI is InChI=1S/C32H47NO5/c1-6-9-29(35)33(21-34)38-30(36)37-25-16-18-32(5)24(20-25)12-14-26-27-15-13-23(11-8-7-10-22(2)3)31(27,4)19-17-28(26)32/h7-8,12,14,21-23,25,27-28H,6,9-11,13,15-20H2,1-5H3/b8-7+. The molecule has 6 atom stereocenters. The van der Waals surface area contributed by atoms with E-state index >= 15 is 0 Å². The topological polar surface area (TPSA) is 72.9 Å². The van der Waals surface area contributed by atoms with Crippen LogP contribution in [0.15, 0.2) is 35.5 Å². The van der Waals surface area contributed by atoms with E-state index in [1.807, 2.05) is 6.92 Å². The summed E-state index contributed by atoms with van der Waals surface area (Å²) < 4.78 is 5.56. The van der Waals surface area contributed by atoms with Gasteiger partial charge in [-0.3, -0.25) is 14.4 Å². The van der Waals surface area contributed by atoms with Gasteiger partial charge >= 0.3 is 6.16 Å². The van der Waals surface area contributed by atoms with Gasteiger partial charge in [0.1, 0.15) is 6.10 Å². The van der Waals surface area contributed by atoms with Crippen LogP contribution in [0.1, 0.15) is 105 Å². The highest BCUT2D eigenvalue weighted by Gasteiger charge is 2.56. The molecular weight excluding hydrogens is 478 g/mol. The molecule has 3 saturated carbocycles. The summed E-state index contributed by atoms with van der Waals surface area (Å²) in [7, 11) is 0. The van der Waals surface area contributed by atoms with Gasteiger partial charge in [0, 0.05) is 12.8 Å². The van der Waals surface area contributed by atoms with Gasteiger partial charge in [-0.05, 0) is 92.3 Å². The highest BCUT2D eigenvalue weighted by Crippen LogP contribution is 2.65. The Kier molecular flexibility index (Phi) is 8.89. The maximum absolute atomic E-state index is 12.3. The summed E-state index contributed by atoms with van der Waals surface area (Å²) in [6.07, 6.45) is 19.0. The van der Waals surface area contributed by atoms with Crippen LogP contribution >= 0.6 is 0 Å². The number of carbonyl (C=O) groups excluding carboxylic acids is 3. The molecule has 2 amide bonds. The van der Waals surface area contributed by atoms with Crippen molar-refractivity contribution in [3.63, 3.8) is 0 Å². The van der Waals surface area contributed by atoms with Crippen LogP contribution in [0.5, 0.6) is 0 Å². The van der Waals surface area contributed by atoms with Crippen LogP contribution in [0.3, 0.4) is 0 Å². The number of amides is 2. The average molecular weight is 526 g/mol. The summed E-state index contributed by atoms with van der Waals surface area (Å²) in [5, 5.41) is 0.446. The number of hydrogen-bond donors (Lipinski definition) is 0.